The Hall–Kier alpha value is -2.24. The molecular formula is C21H30N2O4. The van der Waals surface area contributed by atoms with E-state index in [0.29, 0.717) is 17.9 Å². The van der Waals surface area contributed by atoms with Crippen LogP contribution in [0.1, 0.15) is 38.2 Å². The van der Waals surface area contributed by atoms with Gasteiger partial charge in [0.2, 0.25) is 11.8 Å². The molecule has 148 valence electrons. The highest BCUT2D eigenvalue weighted by molar-refractivity contribution is 5.79. The van der Waals surface area contributed by atoms with Gasteiger partial charge in [0.05, 0.1) is 20.6 Å². The molecule has 0 unspecified atom stereocenters. The number of methoxy groups -OCH3 is 2. The highest BCUT2D eigenvalue weighted by atomic mass is 16.5. The molecule has 1 aromatic rings. The molecule has 2 amide bonds. The summed E-state index contributed by atoms with van der Waals surface area (Å²) in [4.78, 5) is 28.4. The van der Waals surface area contributed by atoms with E-state index in [1.165, 1.54) is 0 Å². The van der Waals surface area contributed by atoms with Gasteiger partial charge in [-0.1, -0.05) is 6.07 Å². The highest BCUT2D eigenvalue weighted by Crippen LogP contribution is 2.40. The quantitative estimate of drug-likeness (QED) is 0.812. The van der Waals surface area contributed by atoms with Crippen molar-refractivity contribution < 1.29 is 19.1 Å². The fourth-order valence-electron chi connectivity index (χ4n) is 4.40. The zero-order valence-corrected chi connectivity index (χ0v) is 16.6. The number of ether oxygens (including phenoxy) is 2. The lowest BCUT2D eigenvalue weighted by atomic mass is 9.72. The van der Waals surface area contributed by atoms with Crippen LogP contribution in [0.25, 0.3) is 0 Å². The standard InChI is InChI=1S/C21H30N2O4/c1-16(24)22-11-8-21(9-12-22)7-4-10-23(15-21)20(25)14-17-5-6-18(26-2)19(13-17)27-3/h5-6,13H,4,7-12,14-15H2,1-3H3. The number of nitrogens with zero attached hydrogens (tertiary/aromatic N) is 2. The molecule has 3 rings (SSSR count). The molecule has 2 aliphatic heterocycles. The van der Waals surface area contributed by atoms with Crippen molar-refractivity contribution >= 4 is 11.8 Å². The van der Waals surface area contributed by atoms with Crippen LogP contribution in [-0.4, -0.2) is 62.0 Å². The van der Waals surface area contributed by atoms with Crippen LogP contribution in [0.15, 0.2) is 18.2 Å². The van der Waals surface area contributed by atoms with Gasteiger partial charge in [-0.15, -0.1) is 0 Å². The largest absolute Gasteiger partial charge is 0.493 e. The van der Waals surface area contributed by atoms with Crippen LogP contribution in [-0.2, 0) is 16.0 Å². The maximum absolute atomic E-state index is 12.9. The molecule has 2 heterocycles. The zero-order valence-electron chi connectivity index (χ0n) is 16.6. The minimum Gasteiger partial charge on any atom is -0.493 e. The summed E-state index contributed by atoms with van der Waals surface area (Å²) in [5, 5.41) is 0. The predicted octanol–water partition coefficient (Wildman–Crippen LogP) is 2.50. The third-order valence-electron chi connectivity index (χ3n) is 6.09. The Balaban J connectivity index is 1.63. The predicted molar refractivity (Wildman–Crippen MR) is 103 cm³/mol. The number of amides is 2. The van der Waals surface area contributed by atoms with Gasteiger partial charge in [0.25, 0.3) is 0 Å². The number of hydrogen-bond acceptors (Lipinski definition) is 4. The molecule has 0 bridgehead atoms. The van der Waals surface area contributed by atoms with Crippen molar-refractivity contribution in [2.75, 3.05) is 40.4 Å². The Labute approximate surface area is 161 Å². The minimum absolute atomic E-state index is 0.155. The van der Waals surface area contributed by atoms with E-state index < -0.39 is 0 Å². The van der Waals surface area contributed by atoms with Gasteiger partial charge in [0.15, 0.2) is 11.5 Å². The second-order valence-electron chi connectivity index (χ2n) is 7.79. The summed E-state index contributed by atoms with van der Waals surface area (Å²) in [5.74, 6) is 1.63. The molecule has 27 heavy (non-hydrogen) atoms. The molecule has 0 aromatic heterocycles. The van der Waals surface area contributed by atoms with E-state index in [9.17, 15) is 9.59 Å². The van der Waals surface area contributed by atoms with Gasteiger partial charge in [-0.25, -0.2) is 0 Å². The lowest BCUT2D eigenvalue weighted by molar-refractivity contribution is -0.138. The SMILES string of the molecule is COc1ccc(CC(=O)N2CCCC3(CCN(C(C)=O)CC3)C2)cc1OC. The van der Waals surface area contributed by atoms with Gasteiger partial charge in [0.1, 0.15) is 0 Å². The second-order valence-corrected chi connectivity index (χ2v) is 7.79. The van der Waals surface area contributed by atoms with E-state index in [0.717, 1.165) is 57.4 Å². The maximum atomic E-state index is 12.9. The van der Waals surface area contributed by atoms with Gasteiger partial charge in [-0.3, -0.25) is 9.59 Å². The van der Waals surface area contributed by atoms with E-state index in [2.05, 4.69) is 0 Å². The molecular weight excluding hydrogens is 344 g/mol. The fourth-order valence-corrected chi connectivity index (χ4v) is 4.40. The van der Waals surface area contributed by atoms with Gasteiger partial charge in [-0.05, 0) is 48.8 Å². The second kappa shape index (κ2) is 8.19. The highest BCUT2D eigenvalue weighted by Gasteiger charge is 2.40. The third kappa shape index (κ3) is 4.37. The minimum atomic E-state index is 0.155. The zero-order chi connectivity index (χ0) is 19.4. The van der Waals surface area contributed by atoms with Gasteiger partial charge >= 0.3 is 0 Å². The molecule has 2 saturated heterocycles. The Kier molecular flexibility index (Phi) is 5.92. The topological polar surface area (TPSA) is 59.1 Å². The van der Waals surface area contributed by atoms with Gasteiger partial charge in [-0.2, -0.15) is 0 Å². The maximum Gasteiger partial charge on any atom is 0.227 e. The summed E-state index contributed by atoms with van der Waals surface area (Å²) in [6, 6.07) is 5.64. The molecule has 0 saturated carbocycles. The van der Waals surface area contributed by atoms with Crippen molar-refractivity contribution in [3.63, 3.8) is 0 Å². The molecule has 1 aromatic carbocycles. The molecule has 6 heteroatoms. The monoisotopic (exact) mass is 374 g/mol. The number of carbonyl (C=O) groups is 2. The molecule has 2 fully saturated rings. The van der Waals surface area contributed by atoms with Crippen molar-refractivity contribution in [1.29, 1.82) is 0 Å². The Morgan fingerprint density at radius 3 is 2.33 bits per heavy atom. The molecule has 0 N–H and O–H groups in total. The van der Waals surface area contributed by atoms with E-state index >= 15 is 0 Å². The fraction of sp³-hybridized carbons (Fsp3) is 0.619. The first-order valence-corrected chi connectivity index (χ1v) is 9.70. The summed E-state index contributed by atoms with van der Waals surface area (Å²) in [6.45, 7) is 4.90. The van der Waals surface area contributed by atoms with Gasteiger partial charge < -0.3 is 19.3 Å². The summed E-state index contributed by atoms with van der Waals surface area (Å²) in [7, 11) is 3.21. The van der Waals surface area contributed by atoms with E-state index in [4.69, 9.17) is 9.47 Å². The summed E-state index contributed by atoms with van der Waals surface area (Å²) >= 11 is 0. The van der Waals surface area contributed by atoms with Crippen LogP contribution < -0.4 is 9.47 Å². The van der Waals surface area contributed by atoms with Crippen LogP contribution in [0.4, 0.5) is 0 Å². The smallest absolute Gasteiger partial charge is 0.227 e. The van der Waals surface area contributed by atoms with Crippen LogP contribution >= 0.6 is 0 Å². The number of carbonyl (C=O) groups excluding carboxylic acids is 2. The number of hydrogen-bond donors (Lipinski definition) is 0. The first kappa shape index (κ1) is 19.5. The molecule has 0 radical (unpaired) electrons. The van der Waals surface area contributed by atoms with E-state index in [1.54, 1.807) is 21.1 Å². The van der Waals surface area contributed by atoms with Crippen molar-refractivity contribution in [2.24, 2.45) is 5.41 Å². The molecule has 0 atom stereocenters. The van der Waals surface area contributed by atoms with Crippen molar-refractivity contribution in [3.8, 4) is 11.5 Å². The first-order valence-electron chi connectivity index (χ1n) is 9.70. The summed E-state index contributed by atoms with van der Waals surface area (Å²) in [5.41, 5.74) is 1.11. The average Bonchev–Trinajstić information content (AvgIpc) is 2.68. The van der Waals surface area contributed by atoms with Crippen LogP contribution in [0.2, 0.25) is 0 Å². The number of benzene rings is 1. The molecule has 0 aliphatic carbocycles. The van der Waals surface area contributed by atoms with Crippen LogP contribution in [0.3, 0.4) is 0 Å². The Bertz CT molecular complexity index is 695. The Morgan fingerprint density at radius 2 is 1.70 bits per heavy atom. The van der Waals surface area contributed by atoms with Crippen LogP contribution in [0.5, 0.6) is 11.5 Å². The normalized spacial score (nSPS) is 19.1. The van der Waals surface area contributed by atoms with Crippen LogP contribution in [0, 0.1) is 5.41 Å². The summed E-state index contributed by atoms with van der Waals surface area (Å²) < 4.78 is 10.6. The average molecular weight is 374 g/mol. The van der Waals surface area contributed by atoms with Gasteiger partial charge in [0, 0.05) is 33.1 Å². The summed E-state index contributed by atoms with van der Waals surface area (Å²) in [6.07, 6.45) is 4.55. The lowest BCUT2D eigenvalue weighted by Crippen LogP contribution is -2.52. The Morgan fingerprint density at radius 1 is 1.00 bits per heavy atom. The van der Waals surface area contributed by atoms with E-state index in [-0.39, 0.29) is 17.2 Å². The van der Waals surface area contributed by atoms with E-state index in [1.807, 2.05) is 28.0 Å². The lowest BCUT2D eigenvalue weighted by Gasteiger charge is -2.47. The third-order valence-corrected chi connectivity index (χ3v) is 6.09. The molecule has 1 spiro atoms. The number of rotatable bonds is 4. The number of piperidine rings is 2. The van der Waals surface area contributed by atoms with Crippen molar-refractivity contribution in [2.45, 2.75) is 39.0 Å². The van der Waals surface area contributed by atoms with Crippen molar-refractivity contribution in [1.82, 2.24) is 9.80 Å². The van der Waals surface area contributed by atoms with Crippen molar-refractivity contribution in [3.05, 3.63) is 23.8 Å². The first-order chi connectivity index (χ1) is 13.0. The molecule has 6 nitrogen and oxygen atoms in total. The number of likely N-dealkylation sites (tertiary alicyclic amines) is 2. The molecule has 2 aliphatic rings.